The van der Waals surface area contributed by atoms with Gasteiger partial charge in [-0.1, -0.05) is 30.9 Å². The molecule has 0 unspecified atom stereocenters. The van der Waals surface area contributed by atoms with Crippen molar-refractivity contribution >= 4 is 0 Å². The highest BCUT2D eigenvalue weighted by Gasteiger charge is 2.18. The largest absolute Gasteiger partial charge is 0.473 e. The lowest BCUT2D eigenvalue weighted by Crippen LogP contribution is -2.16. The van der Waals surface area contributed by atoms with Crippen molar-refractivity contribution in [3.63, 3.8) is 0 Å². The number of nitrogens with one attached hydrogen (secondary N) is 1. The smallest absolute Gasteiger partial charge is 0.212 e. The van der Waals surface area contributed by atoms with Gasteiger partial charge in [-0.05, 0) is 44.9 Å². The molecule has 4 nitrogen and oxygen atoms in total. The lowest BCUT2D eigenvalue weighted by molar-refractivity contribution is 0.242. The molecule has 1 aromatic heterocycles. The number of rotatable bonds is 7. The molecule has 5 heteroatoms. The molecule has 1 fully saturated rings. The zero-order valence-corrected chi connectivity index (χ0v) is 15.2. The summed E-state index contributed by atoms with van der Waals surface area (Å²) in [5.74, 6) is 1.17. The fourth-order valence-electron chi connectivity index (χ4n) is 3.54. The van der Waals surface area contributed by atoms with E-state index in [1.165, 1.54) is 38.2 Å². The van der Waals surface area contributed by atoms with E-state index >= 15 is 0 Å². The number of nitrogens with zero attached hydrogens (tertiary/aromatic N) is 2. The average Bonchev–Trinajstić information content (AvgIpc) is 2.98. The number of benzene rings is 1. The molecule has 1 N–H and O–H groups in total. The van der Waals surface area contributed by atoms with E-state index in [9.17, 15) is 4.39 Å². The van der Waals surface area contributed by atoms with Crippen LogP contribution >= 0.6 is 0 Å². The summed E-state index contributed by atoms with van der Waals surface area (Å²) in [7, 11) is 1.91. The first-order valence-corrected chi connectivity index (χ1v) is 9.25. The van der Waals surface area contributed by atoms with Crippen LogP contribution < -0.4 is 10.1 Å². The minimum atomic E-state index is -0.223. The lowest BCUT2D eigenvalue weighted by atomic mass is 9.89. The van der Waals surface area contributed by atoms with Crippen LogP contribution in [0.1, 0.15) is 48.9 Å². The normalized spacial score (nSPS) is 15.5. The second-order valence-corrected chi connectivity index (χ2v) is 7.07. The molecule has 1 saturated carbocycles. The Kier molecular flexibility index (Phi) is 6.08. The maximum absolute atomic E-state index is 14.0. The first-order chi connectivity index (χ1) is 12.2. The van der Waals surface area contributed by atoms with Gasteiger partial charge in [0.25, 0.3) is 0 Å². The van der Waals surface area contributed by atoms with Gasteiger partial charge in [0.05, 0.1) is 5.69 Å². The van der Waals surface area contributed by atoms with Gasteiger partial charge in [-0.15, -0.1) is 0 Å². The van der Waals surface area contributed by atoms with Crippen LogP contribution in [-0.2, 0) is 19.7 Å². The van der Waals surface area contributed by atoms with Gasteiger partial charge < -0.3 is 10.1 Å². The fourth-order valence-corrected chi connectivity index (χ4v) is 3.54. The van der Waals surface area contributed by atoms with Gasteiger partial charge in [0.15, 0.2) is 0 Å². The molecule has 0 atom stereocenters. The SMILES string of the molecule is CNCc1cc(OCc2cc(C)ccc2F)n(CC2CCCCC2)n1. The van der Waals surface area contributed by atoms with E-state index in [-0.39, 0.29) is 12.4 Å². The van der Waals surface area contributed by atoms with Gasteiger partial charge in [-0.2, -0.15) is 5.10 Å². The third kappa shape index (κ3) is 4.82. The molecule has 1 heterocycles. The molecule has 3 rings (SSSR count). The number of aromatic nitrogens is 2. The summed E-state index contributed by atoms with van der Waals surface area (Å²) in [5.41, 5.74) is 2.57. The summed E-state index contributed by atoms with van der Waals surface area (Å²) in [6, 6.07) is 7.08. The predicted molar refractivity (Wildman–Crippen MR) is 97.0 cm³/mol. The summed E-state index contributed by atoms with van der Waals surface area (Å²) in [5, 5.41) is 7.81. The molecule has 0 radical (unpaired) electrons. The number of aryl methyl sites for hydroxylation is 1. The Morgan fingerprint density at radius 3 is 2.80 bits per heavy atom. The van der Waals surface area contributed by atoms with Crippen LogP contribution in [-0.4, -0.2) is 16.8 Å². The summed E-state index contributed by atoms with van der Waals surface area (Å²) < 4.78 is 21.9. The summed E-state index contributed by atoms with van der Waals surface area (Å²) in [4.78, 5) is 0. The molecule has 0 saturated heterocycles. The van der Waals surface area contributed by atoms with Gasteiger partial charge in [0.2, 0.25) is 5.88 Å². The molecule has 2 aromatic rings. The topological polar surface area (TPSA) is 39.1 Å². The van der Waals surface area contributed by atoms with E-state index in [0.29, 0.717) is 18.0 Å². The standard InChI is InChI=1S/C20H28FN3O/c1-15-8-9-19(21)17(10-15)14-25-20-11-18(12-22-2)23-24(20)13-16-6-4-3-5-7-16/h8-11,16,22H,3-7,12-14H2,1-2H3. The zero-order chi connectivity index (χ0) is 17.6. The quantitative estimate of drug-likeness (QED) is 0.817. The second kappa shape index (κ2) is 8.48. The summed E-state index contributed by atoms with van der Waals surface area (Å²) >= 11 is 0. The Morgan fingerprint density at radius 1 is 1.24 bits per heavy atom. The first kappa shape index (κ1) is 17.9. The highest BCUT2D eigenvalue weighted by Crippen LogP contribution is 2.27. The van der Waals surface area contributed by atoms with E-state index in [4.69, 9.17) is 4.74 Å². The van der Waals surface area contributed by atoms with E-state index < -0.39 is 0 Å². The number of hydrogen-bond acceptors (Lipinski definition) is 3. The molecule has 1 aromatic carbocycles. The highest BCUT2D eigenvalue weighted by atomic mass is 19.1. The van der Waals surface area contributed by atoms with Crippen LogP contribution in [0.25, 0.3) is 0 Å². The van der Waals surface area contributed by atoms with Gasteiger partial charge in [-0.3, -0.25) is 0 Å². The molecule has 25 heavy (non-hydrogen) atoms. The van der Waals surface area contributed by atoms with Crippen LogP contribution in [0.4, 0.5) is 4.39 Å². The molecule has 136 valence electrons. The minimum Gasteiger partial charge on any atom is -0.473 e. The van der Waals surface area contributed by atoms with Crippen LogP contribution in [0.5, 0.6) is 5.88 Å². The van der Waals surface area contributed by atoms with E-state index in [0.717, 1.165) is 23.7 Å². The van der Waals surface area contributed by atoms with Crippen molar-refractivity contribution in [3.8, 4) is 5.88 Å². The molecule has 0 amide bonds. The van der Waals surface area contributed by atoms with Crippen LogP contribution in [0.15, 0.2) is 24.3 Å². The van der Waals surface area contributed by atoms with Crippen molar-refractivity contribution in [2.45, 2.75) is 58.7 Å². The van der Waals surface area contributed by atoms with Crippen molar-refractivity contribution < 1.29 is 9.13 Å². The first-order valence-electron chi connectivity index (χ1n) is 9.25. The number of ether oxygens (including phenoxy) is 1. The Labute approximate surface area is 149 Å². The third-order valence-electron chi connectivity index (χ3n) is 4.88. The summed E-state index contributed by atoms with van der Waals surface area (Å²) in [6.45, 7) is 3.77. The van der Waals surface area contributed by atoms with Gasteiger partial charge >= 0.3 is 0 Å². The molecule has 0 aliphatic heterocycles. The van der Waals surface area contributed by atoms with Crippen LogP contribution in [0.3, 0.4) is 0 Å². The van der Waals surface area contributed by atoms with Crippen LogP contribution in [0.2, 0.25) is 0 Å². The van der Waals surface area contributed by atoms with E-state index in [2.05, 4.69) is 10.4 Å². The molecular weight excluding hydrogens is 317 g/mol. The second-order valence-electron chi connectivity index (χ2n) is 7.07. The average molecular weight is 345 g/mol. The van der Waals surface area contributed by atoms with E-state index in [1.807, 2.05) is 30.8 Å². The van der Waals surface area contributed by atoms with Crippen molar-refractivity contribution in [1.29, 1.82) is 0 Å². The Balaban J connectivity index is 1.72. The molecule has 0 bridgehead atoms. The highest BCUT2D eigenvalue weighted by molar-refractivity contribution is 5.24. The molecule has 1 aliphatic rings. The zero-order valence-electron chi connectivity index (χ0n) is 15.2. The lowest BCUT2D eigenvalue weighted by Gasteiger charge is -2.22. The minimum absolute atomic E-state index is 0.223. The van der Waals surface area contributed by atoms with E-state index in [1.54, 1.807) is 6.07 Å². The molecule has 0 spiro atoms. The monoisotopic (exact) mass is 345 g/mol. The van der Waals surface area contributed by atoms with Gasteiger partial charge in [0.1, 0.15) is 12.4 Å². The maximum Gasteiger partial charge on any atom is 0.212 e. The van der Waals surface area contributed by atoms with Crippen molar-refractivity contribution in [3.05, 3.63) is 46.9 Å². The number of halogens is 1. The third-order valence-corrected chi connectivity index (χ3v) is 4.88. The predicted octanol–water partition coefficient (Wildman–Crippen LogP) is 4.21. The van der Waals surface area contributed by atoms with Gasteiger partial charge in [-0.25, -0.2) is 9.07 Å². The summed E-state index contributed by atoms with van der Waals surface area (Å²) in [6.07, 6.45) is 6.47. The molecule has 1 aliphatic carbocycles. The molecular formula is C20H28FN3O. The van der Waals surface area contributed by atoms with Gasteiger partial charge in [0, 0.05) is 24.7 Å². The maximum atomic E-state index is 14.0. The Bertz CT molecular complexity index is 692. The Morgan fingerprint density at radius 2 is 2.04 bits per heavy atom. The van der Waals surface area contributed by atoms with Crippen molar-refractivity contribution in [1.82, 2.24) is 15.1 Å². The Hall–Kier alpha value is -1.88. The number of hydrogen-bond donors (Lipinski definition) is 1. The van der Waals surface area contributed by atoms with Crippen molar-refractivity contribution in [2.75, 3.05) is 7.05 Å². The van der Waals surface area contributed by atoms with Crippen LogP contribution in [0, 0.1) is 18.7 Å². The fraction of sp³-hybridized carbons (Fsp3) is 0.550. The van der Waals surface area contributed by atoms with Crippen molar-refractivity contribution in [2.24, 2.45) is 5.92 Å².